The Labute approximate surface area is 122 Å². The Morgan fingerprint density at radius 1 is 1.35 bits per heavy atom. The minimum atomic E-state index is -1.78. The number of amides is 1. The van der Waals surface area contributed by atoms with E-state index in [1.165, 1.54) is 0 Å². The van der Waals surface area contributed by atoms with Gasteiger partial charge in [0, 0.05) is 13.0 Å². The monoisotopic (exact) mass is 301 g/mol. The van der Waals surface area contributed by atoms with Gasteiger partial charge in [-0.2, -0.15) is 0 Å². The Kier molecular flexibility index (Phi) is 5.37. The van der Waals surface area contributed by atoms with E-state index in [0.29, 0.717) is 19.4 Å². The molecular formula is C14H27NO4Si. The number of β-lactam (4-membered cyclic amide) rings is 1. The Bertz CT molecular complexity index is 376. The molecule has 116 valence electrons. The van der Waals surface area contributed by atoms with E-state index in [-0.39, 0.29) is 22.8 Å². The van der Waals surface area contributed by atoms with Gasteiger partial charge in [0.1, 0.15) is 0 Å². The van der Waals surface area contributed by atoms with Crippen molar-refractivity contribution in [2.24, 2.45) is 5.92 Å². The summed E-state index contributed by atoms with van der Waals surface area (Å²) < 4.78 is 11.2. The average Bonchev–Trinajstić information content (AvgIpc) is 2.32. The first kappa shape index (κ1) is 17.2. The van der Waals surface area contributed by atoms with E-state index in [1.807, 2.05) is 0 Å². The van der Waals surface area contributed by atoms with Gasteiger partial charge in [-0.1, -0.05) is 27.7 Å². The second-order valence-corrected chi connectivity index (χ2v) is 11.6. The van der Waals surface area contributed by atoms with Crippen LogP contribution in [0.2, 0.25) is 18.1 Å². The van der Waals surface area contributed by atoms with Gasteiger partial charge in [-0.3, -0.25) is 9.59 Å². The standard InChI is InChI=1S/C14H27NO4Si/c1-7-11(16)19-13-10(12(17)15-13)8-9-18-20(5,6)14(2,3)4/h10,13H,7-9H2,1-6H3,(H,15,17)/t10-,13+/m0/s1. The third-order valence-corrected chi connectivity index (χ3v) is 8.77. The molecule has 1 aliphatic heterocycles. The quantitative estimate of drug-likeness (QED) is 0.465. The van der Waals surface area contributed by atoms with E-state index >= 15 is 0 Å². The number of hydrogen-bond donors (Lipinski definition) is 1. The van der Waals surface area contributed by atoms with Crippen molar-refractivity contribution >= 4 is 20.2 Å². The number of nitrogens with one attached hydrogen (secondary N) is 1. The molecule has 0 aliphatic carbocycles. The minimum Gasteiger partial charge on any atom is -0.441 e. The van der Waals surface area contributed by atoms with E-state index in [2.05, 4.69) is 39.2 Å². The summed E-state index contributed by atoms with van der Waals surface area (Å²) >= 11 is 0. The fourth-order valence-corrected chi connectivity index (χ4v) is 2.73. The van der Waals surface area contributed by atoms with E-state index < -0.39 is 14.5 Å². The van der Waals surface area contributed by atoms with Crippen molar-refractivity contribution in [1.82, 2.24) is 5.32 Å². The molecule has 20 heavy (non-hydrogen) atoms. The second-order valence-electron chi connectivity index (χ2n) is 6.78. The number of esters is 1. The van der Waals surface area contributed by atoms with E-state index in [4.69, 9.17) is 9.16 Å². The van der Waals surface area contributed by atoms with Gasteiger partial charge >= 0.3 is 5.97 Å². The van der Waals surface area contributed by atoms with Crippen molar-refractivity contribution in [3.8, 4) is 0 Å². The molecule has 0 bridgehead atoms. The minimum absolute atomic E-state index is 0.0577. The lowest BCUT2D eigenvalue weighted by molar-refractivity contribution is -0.169. The van der Waals surface area contributed by atoms with E-state index in [0.717, 1.165) is 0 Å². The molecule has 0 aromatic carbocycles. The van der Waals surface area contributed by atoms with Crippen LogP contribution in [-0.2, 0) is 18.8 Å². The van der Waals surface area contributed by atoms with Crippen molar-refractivity contribution in [3.05, 3.63) is 0 Å². The molecule has 0 radical (unpaired) electrons. The third-order valence-electron chi connectivity index (χ3n) is 4.23. The van der Waals surface area contributed by atoms with E-state index in [9.17, 15) is 9.59 Å². The lowest BCUT2D eigenvalue weighted by Crippen LogP contribution is -2.60. The Balaban J connectivity index is 2.41. The summed E-state index contributed by atoms with van der Waals surface area (Å²) in [7, 11) is -1.78. The summed E-state index contributed by atoms with van der Waals surface area (Å²) in [4.78, 5) is 22.8. The molecule has 0 aromatic rings. The highest BCUT2D eigenvalue weighted by Gasteiger charge is 2.43. The Morgan fingerprint density at radius 2 is 1.95 bits per heavy atom. The molecule has 1 fully saturated rings. The van der Waals surface area contributed by atoms with Crippen LogP contribution in [0.15, 0.2) is 0 Å². The number of hydrogen-bond acceptors (Lipinski definition) is 4. The fraction of sp³-hybridized carbons (Fsp3) is 0.857. The molecular weight excluding hydrogens is 274 g/mol. The average molecular weight is 301 g/mol. The smallest absolute Gasteiger partial charge is 0.307 e. The van der Waals surface area contributed by atoms with Gasteiger partial charge in [0.25, 0.3) is 0 Å². The van der Waals surface area contributed by atoms with Crippen molar-refractivity contribution in [2.75, 3.05) is 6.61 Å². The predicted molar refractivity (Wildman–Crippen MR) is 79.6 cm³/mol. The fourth-order valence-electron chi connectivity index (χ4n) is 1.67. The van der Waals surface area contributed by atoms with Crippen molar-refractivity contribution in [1.29, 1.82) is 0 Å². The van der Waals surface area contributed by atoms with Crippen molar-refractivity contribution in [3.63, 3.8) is 0 Å². The molecule has 1 saturated heterocycles. The van der Waals surface area contributed by atoms with Gasteiger partial charge < -0.3 is 14.5 Å². The molecule has 1 amide bonds. The van der Waals surface area contributed by atoms with Crippen molar-refractivity contribution in [2.45, 2.75) is 64.9 Å². The molecule has 2 atom stereocenters. The van der Waals surface area contributed by atoms with Gasteiger partial charge in [0.2, 0.25) is 5.91 Å². The zero-order valence-corrected chi connectivity index (χ0v) is 14.4. The van der Waals surface area contributed by atoms with Crippen LogP contribution >= 0.6 is 0 Å². The molecule has 1 aliphatic rings. The van der Waals surface area contributed by atoms with Gasteiger partial charge in [-0.25, -0.2) is 0 Å². The maximum Gasteiger partial charge on any atom is 0.307 e. The Hall–Kier alpha value is -0.883. The topological polar surface area (TPSA) is 64.6 Å². The van der Waals surface area contributed by atoms with Crippen LogP contribution in [0.1, 0.15) is 40.5 Å². The van der Waals surface area contributed by atoms with Crippen LogP contribution in [0.25, 0.3) is 0 Å². The lowest BCUT2D eigenvalue weighted by atomic mass is 9.96. The number of ether oxygens (including phenoxy) is 1. The summed E-state index contributed by atoms with van der Waals surface area (Å²) in [6.45, 7) is 13.2. The van der Waals surface area contributed by atoms with Crippen LogP contribution < -0.4 is 5.32 Å². The van der Waals surface area contributed by atoms with Gasteiger partial charge in [-0.05, 0) is 24.6 Å². The second kappa shape index (κ2) is 6.26. The first-order valence-corrected chi connectivity index (χ1v) is 10.1. The molecule has 0 aromatic heterocycles. The van der Waals surface area contributed by atoms with Crippen molar-refractivity contribution < 1.29 is 18.8 Å². The number of carbonyl (C=O) groups is 2. The number of rotatable bonds is 6. The van der Waals surface area contributed by atoms with Gasteiger partial charge in [0.05, 0.1) is 5.92 Å². The van der Waals surface area contributed by atoms with Crippen LogP contribution in [0, 0.1) is 5.92 Å². The Morgan fingerprint density at radius 3 is 2.40 bits per heavy atom. The molecule has 5 nitrogen and oxygen atoms in total. The summed E-state index contributed by atoms with van der Waals surface area (Å²) in [6, 6.07) is 0. The first-order chi connectivity index (χ1) is 9.08. The highest BCUT2D eigenvalue weighted by atomic mass is 28.4. The highest BCUT2D eigenvalue weighted by molar-refractivity contribution is 6.74. The van der Waals surface area contributed by atoms with Crippen LogP contribution in [0.3, 0.4) is 0 Å². The lowest BCUT2D eigenvalue weighted by Gasteiger charge is -2.39. The summed E-state index contributed by atoms with van der Waals surface area (Å²) in [5.41, 5.74) is 0. The SMILES string of the molecule is CCC(=O)O[C@H]1NC(=O)[C@@H]1CCO[Si](C)(C)C(C)(C)C. The normalized spacial score (nSPS) is 23.0. The maximum absolute atomic E-state index is 11.5. The molecule has 1 N–H and O–H groups in total. The molecule has 6 heteroatoms. The first-order valence-electron chi connectivity index (χ1n) is 7.22. The van der Waals surface area contributed by atoms with Gasteiger partial charge in [-0.15, -0.1) is 0 Å². The predicted octanol–water partition coefficient (Wildman–Crippen LogP) is 2.42. The van der Waals surface area contributed by atoms with Crippen LogP contribution in [-0.4, -0.2) is 33.0 Å². The molecule has 1 heterocycles. The largest absolute Gasteiger partial charge is 0.441 e. The third kappa shape index (κ3) is 4.05. The number of carbonyl (C=O) groups excluding carboxylic acids is 2. The zero-order chi connectivity index (χ0) is 15.6. The van der Waals surface area contributed by atoms with Crippen LogP contribution in [0.5, 0.6) is 0 Å². The zero-order valence-electron chi connectivity index (χ0n) is 13.4. The summed E-state index contributed by atoms with van der Waals surface area (Å²) in [6.07, 6.45) is 0.442. The van der Waals surface area contributed by atoms with Gasteiger partial charge in [0.15, 0.2) is 14.5 Å². The summed E-state index contributed by atoms with van der Waals surface area (Å²) in [5.74, 6) is -0.613. The molecule has 0 spiro atoms. The van der Waals surface area contributed by atoms with Crippen LogP contribution in [0.4, 0.5) is 0 Å². The summed E-state index contributed by atoms with van der Waals surface area (Å²) in [5, 5.41) is 2.77. The molecule has 1 rings (SSSR count). The highest BCUT2D eigenvalue weighted by Crippen LogP contribution is 2.36. The van der Waals surface area contributed by atoms with E-state index in [1.54, 1.807) is 6.92 Å². The molecule has 0 unspecified atom stereocenters. The maximum atomic E-state index is 11.5. The molecule has 0 saturated carbocycles.